The highest BCUT2D eigenvalue weighted by molar-refractivity contribution is 6.01. The van der Waals surface area contributed by atoms with Crippen molar-refractivity contribution in [2.45, 2.75) is 19.9 Å². The van der Waals surface area contributed by atoms with Gasteiger partial charge in [0.2, 0.25) is 0 Å². The van der Waals surface area contributed by atoms with Gasteiger partial charge in [0.25, 0.3) is 0 Å². The minimum Gasteiger partial charge on any atom is -0.421 e. The van der Waals surface area contributed by atoms with Gasteiger partial charge in [-0.05, 0) is 24.1 Å². The second-order valence-corrected chi connectivity index (χ2v) is 5.86. The van der Waals surface area contributed by atoms with Crippen LogP contribution in [0, 0.1) is 0 Å². The van der Waals surface area contributed by atoms with Crippen LogP contribution in [0.15, 0.2) is 63.8 Å². The van der Waals surface area contributed by atoms with Gasteiger partial charge in [-0.1, -0.05) is 49.4 Å². The molecule has 0 spiro atoms. The molecule has 6 heteroatoms. The summed E-state index contributed by atoms with van der Waals surface area (Å²) in [5.74, 6) is 0. The summed E-state index contributed by atoms with van der Waals surface area (Å²) in [4.78, 5) is 24.5. The normalized spacial score (nSPS) is 10.5. The lowest BCUT2D eigenvalue weighted by atomic mass is 10.1. The summed E-state index contributed by atoms with van der Waals surface area (Å²) in [6.45, 7) is 2.99. The van der Waals surface area contributed by atoms with Gasteiger partial charge < -0.3 is 15.1 Å². The third-order valence-corrected chi connectivity index (χ3v) is 3.90. The van der Waals surface area contributed by atoms with Crippen molar-refractivity contribution in [2.24, 2.45) is 0 Å². The highest BCUT2D eigenvalue weighted by Crippen LogP contribution is 2.29. The Hall–Kier alpha value is -3.28. The van der Waals surface area contributed by atoms with E-state index >= 15 is 0 Å². The van der Waals surface area contributed by atoms with Crippen LogP contribution in [0.25, 0.3) is 11.0 Å². The van der Waals surface area contributed by atoms with Gasteiger partial charge in [0, 0.05) is 18.5 Å². The molecule has 0 atom stereocenters. The molecule has 0 bridgehead atoms. The topological polar surface area (TPSA) is 83.4 Å². The van der Waals surface area contributed by atoms with Crippen molar-refractivity contribution >= 4 is 28.4 Å². The summed E-state index contributed by atoms with van der Waals surface area (Å²) in [6, 6.07) is 16.6. The zero-order chi connectivity index (χ0) is 18.4. The largest absolute Gasteiger partial charge is 0.421 e. The smallest absolute Gasteiger partial charge is 0.362 e. The Morgan fingerprint density at radius 2 is 1.73 bits per heavy atom. The standard InChI is InChI=1S/C20H21N3O3/c1-2-12-21-20(25)23-18-17(22-13-14-8-4-3-5-9-14)15-10-6-7-11-16(15)26-19(18)24/h3-11,22H,2,12-13H2,1H3,(H2,21,23,25). The SMILES string of the molecule is CCCNC(=O)Nc1c(NCc2ccccc2)c2ccccc2oc1=O. The van der Waals surface area contributed by atoms with Crippen LogP contribution < -0.4 is 21.6 Å². The van der Waals surface area contributed by atoms with Gasteiger partial charge in [0.15, 0.2) is 5.69 Å². The lowest BCUT2D eigenvalue weighted by Gasteiger charge is -2.15. The van der Waals surface area contributed by atoms with Crippen LogP contribution in [0.1, 0.15) is 18.9 Å². The van der Waals surface area contributed by atoms with Crippen LogP contribution >= 0.6 is 0 Å². The van der Waals surface area contributed by atoms with Crippen molar-refractivity contribution < 1.29 is 9.21 Å². The number of carbonyl (C=O) groups is 1. The molecule has 0 saturated carbocycles. The molecule has 1 heterocycles. The molecule has 6 nitrogen and oxygen atoms in total. The maximum absolute atomic E-state index is 12.4. The predicted octanol–water partition coefficient (Wildman–Crippen LogP) is 3.94. The second kappa shape index (κ2) is 8.20. The highest BCUT2D eigenvalue weighted by atomic mass is 16.4. The van der Waals surface area contributed by atoms with Crippen molar-refractivity contribution in [1.82, 2.24) is 5.32 Å². The van der Waals surface area contributed by atoms with Crippen molar-refractivity contribution in [2.75, 3.05) is 17.2 Å². The maximum atomic E-state index is 12.4. The first kappa shape index (κ1) is 17.5. The number of para-hydroxylation sites is 1. The van der Waals surface area contributed by atoms with E-state index in [1.165, 1.54) is 0 Å². The van der Waals surface area contributed by atoms with Gasteiger partial charge in [-0.15, -0.1) is 0 Å². The summed E-state index contributed by atoms with van der Waals surface area (Å²) in [5, 5.41) is 9.32. The molecule has 0 aliphatic heterocycles. The van der Waals surface area contributed by atoms with E-state index < -0.39 is 11.7 Å². The molecular formula is C20H21N3O3. The van der Waals surface area contributed by atoms with E-state index in [0.717, 1.165) is 17.4 Å². The zero-order valence-electron chi connectivity index (χ0n) is 14.5. The Morgan fingerprint density at radius 3 is 2.50 bits per heavy atom. The number of amides is 2. The minimum absolute atomic E-state index is 0.105. The summed E-state index contributed by atoms with van der Waals surface area (Å²) in [7, 11) is 0. The van der Waals surface area contributed by atoms with E-state index in [2.05, 4.69) is 16.0 Å². The van der Waals surface area contributed by atoms with E-state index in [1.54, 1.807) is 12.1 Å². The first-order valence-corrected chi connectivity index (χ1v) is 8.57. The van der Waals surface area contributed by atoms with Crippen LogP contribution in [-0.2, 0) is 6.54 Å². The molecule has 0 radical (unpaired) electrons. The van der Waals surface area contributed by atoms with Gasteiger partial charge in [-0.2, -0.15) is 0 Å². The van der Waals surface area contributed by atoms with Crippen LogP contribution in [0.2, 0.25) is 0 Å². The molecule has 0 fully saturated rings. The van der Waals surface area contributed by atoms with Crippen LogP contribution in [0.3, 0.4) is 0 Å². The highest BCUT2D eigenvalue weighted by Gasteiger charge is 2.16. The molecular weight excluding hydrogens is 330 g/mol. The van der Waals surface area contributed by atoms with Crippen molar-refractivity contribution in [3.63, 3.8) is 0 Å². The van der Waals surface area contributed by atoms with Crippen molar-refractivity contribution in [3.05, 3.63) is 70.6 Å². The molecule has 0 saturated heterocycles. The summed E-state index contributed by atoms with van der Waals surface area (Å²) < 4.78 is 5.35. The lowest BCUT2D eigenvalue weighted by molar-refractivity contribution is 0.252. The molecule has 0 aliphatic carbocycles. The van der Waals surface area contributed by atoms with Crippen LogP contribution in [0.5, 0.6) is 0 Å². The first-order chi connectivity index (χ1) is 12.7. The number of nitrogens with one attached hydrogen (secondary N) is 3. The summed E-state index contributed by atoms with van der Waals surface area (Å²) in [5.41, 5.74) is 1.59. The number of anilines is 2. The number of hydrogen-bond donors (Lipinski definition) is 3. The predicted molar refractivity (Wildman–Crippen MR) is 104 cm³/mol. The quantitative estimate of drug-likeness (QED) is 0.588. The molecule has 0 unspecified atom stereocenters. The molecule has 3 N–H and O–H groups in total. The van der Waals surface area contributed by atoms with E-state index in [0.29, 0.717) is 24.4 Å². The molecule has 2 aromatic carbocycles. The number of urea groups is 1. The van der Waals surface area contributed by atoms with Gasteiger partial charge >= 0.3 is 11.7 Å². The number of rotatable bonds is 6. The fraction of sp³-hybridized carbons (Fsp3) is 0.200. The third kappa shape index (κ3) is 4.03. The van der Waals surface area contributed by atoms with E-state index in [-0.39, 0.29) is 5.69 Å². The number of hydrogen-bond acceptors (Lipinski definition) is 4. The average Bonchev–Trinajstić information content (AvgIpc) is 2.67. The van der Waals surface area contributed by atoms with Gasteiger partial charge in [-0.3, -0.25) is 5.32 Å². The molecule has 26 heavy (non-hydrogen) atoms. The van der Waals surface area contributed by atoms with E-state index in [9.17, 15) is 9.59 Å². The molecule has 3 rings (SSSR count). The maximum Gasteiger partial charge on any atom is 0.362 e. The van der Waals surface area contributed by atoms with Gasteiger partial charge in [-0.25, -0.2) is 9.59 Å². The Morgan fingerprint density at radius 1 is 1.00 bits per heavy atom. The number of benzene rings is 2. The molecule has 134 valence electrons. The van der Waals surface area contributed by atoms with Crippen molar-refractivity contribution in [1.29, 1.82) is 0 Å². The van der Waals surface area contributed by atoms with Gasteiger partial charge in [0.1, 0.15) is 5.58 Å². The minimum atomic E-state index is -0.592. The van der Waals surface area contributed by atoms with Crippen molar-refractivity contribution in [3.8, 4) is 0 Å². The third-order valence-electron chi connectivity index (χ3n) is 3.90. The first-order valence-electron chi connectivity index (χ1n) is 8.57. The van der Waals surface area contributed by atoms with E-state index in [1.807, 2.05) is 49.4 Å². The monoisotopic (exact) mass is 351 g/mol. The Kier molecular flexibility index (Phi) is 5.53. The average molecular weight is 351 g/mol. The van der Waals surface area contributed by atoms with Crippen LogP contribution in [-0.4, -0.2) is 12.6 Å². The summed E-state index contributed by atoms with van der Waals surface area (Å²) >= 11 is 0. The summed E-state index contributed by atoms with van der Waals surface area (Å²) in [6.07, 6.45) is 0.804. The zero-order valence-corrected chi connectivity index (χ0v) is 14.5. The Labute approximate surface area is 151 Å². The van der Waals surface area contributed by atoms with Crippen LogP contribution in [0.4, 0.5) is 16.2 Å². The molecule has 1 aromatic heterocycles. The number of carbonyl (C=O) groups excluding carboxylic acids is 1. The molecule has 2 amide bonds. The molecule has 3 aromatic rings. The molecule has 0 aliphatic rings. The van der Waals surface area contributed by atoms with Gasteiger partial charge in [0.05, 0.1) is 5.69 Å². The van der Waals surface area contributed by atoms with E-state index in [4.69, 9.17) is 4.42 Å². The Balaban J connectivity index is 1.97. The fourth-order valence-electron chi connectivity index (χ4n) is 2.63. The second-order valence-electron chi connectivity index (χ2n) is 5.86. The number of fused-ring (bicyclic) bond motifs is 1. The lowest BCUT2D eigenvalue weighted by Crippen LogP contribution is -2.31. The Bertz CT molecular complexity index is 951. The fourth-order valence-corrected chi connectivity index (χ4v) is 2.63.